The number of aromatic amines is 1. The van der Waals surface area contributed by atoms with Crippen molar-refractivity contribution >= 4 is 49.5 Å². The molecule has 0 aliphatic rings. The molecule has 8 heteroatoms. The van der Waals surface area contributed by atoms with Gasteiger partial charge in [0.25, 0.3) is 11.1 Å². The highest BCUT2D eigenvalue weighted by atomic mass is 79.9. The summed E-state index contributed by atoms with van der Waals surface area (Å²) in [5.41, 5.74) is 1.08. The zero-order valence-electron chi connectivity index (χ0n) is 16.0. The summed E-state index contributed by atoms with van der Waals surface area (Å²) in [6.07, 6.45) is 0.814. The van der Waals surface area contributed by atoms with Gasteiger partial charge in [0.15, 0.2) is 5.16 Å². The van der Waals surface area contributed by atoms with Gasteiger partial charge < -0.3 is 4.98 Å². The maximum atomic E-state index is 13.1. The van der Waals surface area contributed by atoms with Crippen LogP contribution in [0.25, 0.3) is 21.8 Å². The largest absolute Gasteiger partial charge is 0.309 e. The summed E-state index contributed by atoms with van der Waals surface area (Å²) >= 11 is 4.84. The van der Waals surface area contributed by atoms with E-state index in [9.17, 15) is 9.59 Å². The highest BCUT2D eigenvalue weighted by Gasteiger charge is 2.18. The standard InChI is InChI=1S/C21H19BrN4O2S/c1-3-10-26-20(28)15-11-13(22)8-9-17(15)24-21(26)29-12(2)18-23-16-7-5-4-6-14(16)19(27)25-18/h4-9,11-12H,3,10H2,1-2H3,(H,23,25,27). The molecule has 0 spiro atoms. The summed E-state index contributed by atoms with van der Waals surface area (Å²) in [4.78, 5) is 37.7. The number of aromatic nitrogens is 4. The SMILES string of the molecule is CCCn1c(SC(C)c2nc3ccccc3c(=O)[nH]2)nc2ccc(Br)cc2c1=O. The first kappa shape index (κ1) is 19.8. The summed E-state index contributed by atoms with van der Waals surface area (Å²) in [5.74, 6) is 0.562. The molecule has 0 amide bonds. The Bertz CT molecular complexity index is 1330. The van der Waals surface area contributed by atoms with Gasteiger partial charge in [-0.05, 0) is 43.7 Å². The van der Waals surface area contributed by atoms with E-state index in [1.807, 2.05) is 44.2 Å². The highest BCUT2D eigenvalue weighted by molar-refractivity contribution is 9.10. The van der Waals surface area contributed by atoms with E-state index in [0.717, 1.165) is 10.9 Å². The normalized spacial score (nSPS) is 12.5. The monoisotopic (exact) mass is 470 g/mol. The number of H-pyrrole nitrogens is 1. The number of hydrogen-bond donors (Lipinski definition) is 1. The van der Waals surface area contributed by atoms with Crippen LogP contribution in [0.4, 0.5) is 0 Å². The smallest absolute Gasteiger partial charge is 0.262 e. The molecule has 0 aliphatic heterocycles. The zero-order chi connectivity index (χ0) is 20.5. The van der Waals surface area contributed by atoms with E-state index in [1.165, 1.54) is 11.8 Å². The summed E-state index contributed by atoms with van der Waals surface area (Å²) in [6.45, 7) is 4.55. The van der Waals surface area contributed by atoms with Gasteiger partial charge in [-0.15, -0.1) is 0 Å². The predicted molar refractivity (Wildman–Crippen MR) is 121 cm³/mol. The van der Waals surface area contributed by atoms with Crippen molar-refractivity contribution in [3.05, 3.63) is 73.5 Å². The van der Waals surface area contributed by atoms with Crippen LogP contribution < -0.4 is 11.1 Å². The number of para-hydroxylation sites is 1. The molecule has 2 aromatic carbocycles. The molecule has 0 fully saturated rings. The van der Waals surface area contributed by atoms with Crippen LogP contribution in [-0.4, -0.2) is 19.5 Å². The number of benzene rings is 2. The van der Waals surface area contributed by atoms with E-state index in [4.69, 9.17) is 4.98 Å². The minimum Gasteiger partial charge on any atom is -0.309 e. The summed E-state index contributed by atoms with van der Waals surface area (Å²) in [7, 11) is 0. The summed E-state index contributed by atoms with van der Waals surface area (Å²) in [6, 6.07) is 12.8. The predicted octanol–water partition coefficient (Wildman–Crippen LogP) is 4.66. The van der Waals surface area contributed by atoms with Crippen molar-refractivity contribution in [3.63, 3.8) is 0 Å². The fraction of sp³-hybridized carbons (Fsp3) is 0.238. The second-order valence-corrected chi connectivity index (χ2v) is 8.96. The van der Waals surface area contributed by atoms with E-state index >= 15 is 0 Å². The summed E-state index contributed by atoms with van der Waals surface area (Å²) in [5, 5.41) is 1.58. The van der Waals surface area contributed by atoms with Gasteiger partial charge >= 0.3 is 0 Å². The van der Waals surface area contributed by atoms with Gasteiger partial charge in [0, 0.05) is 11.0 Å². The molecular weight excluding hydrogens is 452 g/mol. The van der Waals surface area contributed by atoms with Crippen LogP contribution >= 0.6 is 27.7 Å². The molecule has 1 atom stereocenters. The number of nitrogens with zero attached hydrogens (tertiary/aromatic N) is 3. The molecule has 6 nitrogen and oxygen atoms in total. The maximum Gasteiger partial charge on any atom is 0.262 e. The van der Waals surface area contributed by atoms with Crippen LogP contribution in [0.2, 0.25) is 0 Å². The molecule has 1 unspecified atom stereocenters. The van der Waals surface area contributed by atoms with Crippen molar-refractivity contribution in [2.75, 3.05) is 0 Å². The molecule has 2 aromatic heterocycles. The van der Waals surface area contributed by atoms with Crippen LogP contribution in [0.5, 0.6) is 0 Å². The van der Waals surface area contributed by atoms with Crippen molar-refractivity contribution in [3.8, 4) is 0 Å². The zero-order valence-corrected chi connectivity index (χ0v) is 18.4. The third-order valence-corrected chi connectivity index (χ3v) is 6.22. The molecule has 0 saturated heterocycles. The van der Waals surface area contributed by atoms with Gasteiger partial charge in [0.05, 0.1) is 27.1 Å². The molecule has 0 aliphatic carbocycles. The molecule has 0 bridgehead atoms. The minimum atomic E-state index is -0.185. The lowest BCUT2D eigenvalue weighted by atomic mass is 10.2. The first-order valence-corrected chi connectivity index (χ1v) is 11.0. The third kappa shape index (κ3) is 3.86. The van der Waals surface area contributed by atoms with E-state index < -0.39 is 0 Å². The Balaban J connectivity index is 1.79. The van der Waals surface area contributed by atoms with Gasteiger partial charge in [-0.25, -0.2) is 9.97 Å². The van der Waals surface area contributed by atoms with E-state index in [2.05, 4.69) is 25.9 Å². The molecule has 2 heterocycles. The first-order chi connectivity index (χ1) is 14.0. The van der Waals surface area contributed by atoms with Crippen LogP contribution in [0, 0.1) is 0 Å². The molecule has 148 valence electrons. The van der Waals surface area contributed by atoms with Gasteiger partial charge in [-0.2, -0.15) is 0 Å². The average molecular weight is 471 g/mol. The maximum absolute atomic E-state index is 13.1. The Morgan fingerprint density at radius 2 is 1.86 bits per heavy atom. The third-order valence-electron chi connectivity index (χ3n) is 4.63. The quantitative estimate of drug-likeness (QED) is 0.338. The topological polar surface area (TPSA) is 80.6 Å². The number of thioether (sulfide) groups is 1. The van der Waals surface area contributed by atoms with E-state index in [0.29, 0.717) is 39.3 Å². The van der Waals surface area contributed by atoms with Crippen LogP contribution in [0.3, 0.4) is 0 Å². The van der Waals surface area contributed by atoms with Crippen molar-refractivity contribution < 1.29 is 0 Å². The number of halogens is 1. The molecular formula is C21H19BrN4O2S. The van der Waals surface area contributed by atoms with Crippen molar-refractivity contribution in [1.82, 2.24) is 19.5 Å². The van der Waals surface area contributed by atoms with E-state index in [-0.39, 0.29) is 16.4 Å². The van der Waals surface area contributed by atoms with Crippen LogP contribution in [0.15, 0.2) is 61.7 Å². The Morgan fingerprint density at radius 1 is 1.10 bits per heavy atom. The molecule has 1 N–H and O–H groups in total. The van der Waals surface area contributed by atoms with Gasteiger partial charge in [0.2, 0.25) is 0 Å². The molecule has 4 rings (SSSR count). The van der Waals surface area contributed by atoms with E-state index in [1.54, 1.807) is 16.7 Å². The van der Waals surface area contributed by atoms with Gasteiger partial charge in [-0.3, -0.25) is 14.2 Å². The van der Waals surface area contributed by atoms with Gasteiger partial charge in [-0.1, -0.05) is 46.7 Å². The first-order valence-electron chi connectivity index (χ1n) is 9.33. The van der Waals surface area contributed by atoms with Crippen molar-refractivity contribution in [2.45, 2.75) is 37.2 Å². The molecule has 0 saturated carbocycles. The van der Waals surface area contributed by atoms with Crippen molar-refractivity contribution in [2.24, 2.45) is 0 Å². The highest BCUT2D eigenvalue weighted by Crippen LogP contribution is 2.32. The molecule has 29 heavy (non-hydrogen) atoms. The number of fused-ring (bicyclic) bond motifs is 2. The fourth-order valence-corrected chi connectivity index (χ4v) is 4.55. The Hall–Kier alpha value is -2.45. The average Bonchev–Trinajstić information content (AvgIpc) is 2.71. The van der Waals surface area contributed by atoms with Crippen LogP contribution in [-0.2, 0) is 6.54 Å². The Kier molecular flexibility index (Phi) is 5.56. The van der Waals surface area contributed by atoms with Crippen molar-refractivity contribution in [1.29, 1.82) is 0 Å². The second kappa shape index (κ2) is 8.12. The Morgan fingerprint density at radius 3 is 2.66 bits per heavy atom. The fourth-order valence-electron chi connectivity index (χ4n) is 3.19. The Labute approximate surface area is 179 Å². The lowest BCUT2D eigenvalue weighted by molar-refractivity contribution is 0.583. The lowest BCUT2D eigenvalue weighted by Crippen LogP contribution is -2.23. The van der Waals surface area contributed by atoms with Gasteiger partial charge in [0.1, 0.15) is 5.82 Å². The minimum absolute atomic E-state index is 0.0622. The molecule has 4 aromatic rings. The van der Waals surface area contributed by atoms with Crippen LogP contribution in [0.1, 0.15) is 31.3 Å². The number of rotatable bonds is 5. The summed E-state index contributed by atoms with van der Waals surface area (Å²) < 4.78 is 2.55. The number of nitrogens with one attached hydrogen (secondary N) is 1. The second-order valence-electron chi connectivity index (χ2n) is 6.74. The lowest BCUT2D eigenvalue weighted by Gasteiger charge is -2.16. The molecule has 0 radical (unpaired) electrons. The number of hydrogen-bond acceptors (Lipinski definition) is 5.